The molecule has 0 amide bonds. The third kappa shape index (κ3) is 3.99. The van der Waals surface area contributed by atoms with Crippen molar-refractivity contribution in [2.75, 3.05) is 6.61 Å². The molecule has 5 aromatic rings. The molecule has 0 saturated heterocycles. The van der Waals surface area contributed by atoms with Gasteiger partial charge in [-0.2, -0.15) is 9.50 Å². The van der Waals surface area contributed by atoms with Crippen LogP contribution in [-0.4, -0.2) is 26.1 Å². The lowest BCUT2D eigenvalue weighted by Gasteiger charge is -2.02. The van der Waals surface area contributed by atoms with Crippen LogP contribution in [0.3, 0.4) is 0 Å². The average Bonchev–Trinajstić information content (AvgIpc) is 3.52. The minimum absolute atomic E-state index is 0.0230. The summed E-state index contributed by atoms with van der Waals surface area (Å²) in [5.41, 5.74) is 1.04. The molecular weight excluding hydrogens is 444 g/mol. The summed E-state index contributed by atoms with van der Waals surface area (Å²) in [6.07, 6.45) is 1.61. The quantitative estimate of drug-likeness (QED) is 0.279. The van der Waals surface area contributed by atoms with Crippen LogP contribution >= 0.6 is 11.3 Å². The molecule has 2 aromatic carbocycles. The van der Waals surface area contributed by atoms with Crippen LogP contribution in [0.1, 0.15) is 12.7 Å². The number of rotatable bonds is 6. The number of nitro benzene ring substituents is 1. The summed E-state index contributed by atoms with van der Waals surface area (Å²) in [4.78, 5) is 28.3. The number of hydrogen-bond donors (Lipinski definition) is 0. The van der Waals surface area contributed by atoms with Crippen molar-refractivity contribution in [3.8, 4) is 28.5 Å². The number of fused-ring (bicyclic) bond motifs is 1. The molecule has 10 heteroatoms. The maximum absolute atomic E-state index is 12.8. The van der Waals surface area contributed by atoms with Gasteiger partial charge in [-0.1, -0.05) is 23.5 Å². The summed E-state index contributed by atoms with van der Waals surface area (Å²) in [6, 6.07) is 16.9. The van der Waals surface area contributed by atoms with Crippen LogP contribution in [0.5, 0.6) is 5.75 Å². The third-order valence-electron chi connectivity index (χ3n) is 4.85. The lowest BCUT2D eigenvalue weighted by molar-refractivity contribution is -0.384. The monoisotopic (exact) mass is 460 g/mol. The molecule has 0 aliphatic rings. The molecule has 0 saturated carbocycles. The number of aromatic nitrogens is 3. The van der Waals surface area contributed by atoms with E-state index in [9.17, 15) is 14.9 Å². The normalized spacial score (nSPS) is 11.8. The molecule has 0 atom stereocenters. The molecule has 0 bridgehead atoms. The van der Waals surface area contributed by atoms with Gasteiger partial charge in [-0.15, -0.1) is 5.10 Å². The Morgan fingerprint density at radius 1 is 1.15 bits per heavy atom. The van der Waals surface area contributed by atoms with Gasteiger partial charge in [0, 0.05) is 29.3 Å². The molecule has 0 fully saturated rings. The first-order valence-electron chi connectivity index (χ1n) is 10.0. The highest BCUT2D eigenvalue weighted by atomic mass is 32.1. The lowest BCUT2D eigenvalue weighted by Crippen LogP contribution is -2.23. The van der Waals surface area contributed by atoms with E-state index in [1.54, 1.807) is 30.3 Å². The number of ether oxygens (including phenoxy) is 1. The second kappa shape index (κ2) is 8.32. The van der Waals surface area contributed by atoms with Crippen LogP contribution in [0.25, 0.3) is 33.7 Å². The fourth-order valence-corrected chi connectivity index (χ4v) is 4.20. The minimum atomic E-state index is -0.459. The fourth-order valence-electron chi connectivity index (χ4n) is 3.31. The number of nitro groups is 1. The molecule has 0 N–H and O–H groups in total. The van der Waals surface area contributed by atoms with Crippen molar-refractivity contribution in [3.63, 3.8) is 0 Å². The summed E-state index contributed by atoms with van der Waals surface area (Å²) < 4.78 is 12.9. The maximum Gasteiger partial charge on any atom is 0.291 e. The zero-order chi connectivity index (χ0) is 22.9. The van der Waals surface area contributed by atoms with E-state index < -0.39 is 4.92 Å². The van der Waals surface area contributed by atoms with Crippen molar-refractivity contribution in [2.45, 2.75) is 6.92 Å². The Morgan fingerprint density at radius 3 is 2.70 bits per heavy atom. The number of furan rings is 1. The van der Waals surface area contributed by atoms with Crippen LogP contribution in [0.15, 0.2) is 69.9 Å². The topological polar surface area (TPSA) is 113 Å². The summed E-state index contributed by atoms with van der Waals surface area (Å²) in [6.45, 7) is 2.50. The average molecular weight is 460 g/mol. The van der Waals surface area contributed by atoms with E-state index in [4.69, 9.17) is 9.15 Å². The third-order valence-corrected chi connectivity index (χ3v) is 5.81. The molecule has 5 rings (SSSR count). The van der Waals surface area contributed by atoms with Crippen molar-refractivity contribution < 1.29 is 14.1 Å². The Bertz CT molecular complexity index is 1580. The van der Waals surface area contributed by atoms with E-state index in [0.29, 0.717) is 39.0 Å². The first-order valence-corrected chi connectivity index (χ1v) is 10.8. The summed E-state index contributed by atoms with van der Waals surface area (Å²) in [5.74, 6) is 2.13. The molecule has 0 aliphatic carbocycles. The summed E-state index contributed by atoms with van der Waals surface area (Å²) in [7, 11) is 0. The zero-order valence-corrected chi connectivity index (χ0v) is 18.1. The predicted octanol–water partition coefficient (Wildman–Crippen LogP) is 3.93. The smallest absolute Gasteiger partial charge is 0.291 e. The van der Waals surface area contributed by atoms with Crippen LogP contribution in [0, 0.1) is 10.1 Å². The molecule has 164 valence electrons. The number of nitrogens with zero attached hydrogens (tertiary/aromatic N) is 4. The van der Waals surface area contributed by atoms with E-state index in [0.717, 1.165) is 11.3 Å². The first-order chi connectivity index (χ1) is 16.0. The van der Waals surface area contributed by atoms with Crippen molar-refractivity contribution in [1.29, 1.82) is 0 Å². The Balaban J connectivity index is 1.45. The Kier molecular flexibility index (Phi) is 5.19. The molecule has 33 heavy (non-hydrogen) atoms. The highest BCUT2D eigenvalue weighted by Crippen LogP contribution is 2.26. The number of non-ortho nitro benzene ring substituents is 1. The van der Waals surface area contributed by atoms with Gasteiger partial charge in [0.1, 0.15) is 21.8 Å². The van der Waals surface area contributed by atoms with E-state index in [-0.39, 0.29) is 11.2 Å². The SMILES string of the molecule is CCOc1ccc(-c2nc3s/c(=C/c4ccc(-c5cccc([N+](=O)[O-])c5)o4)c(=O)n3n2)cc1. The molecular formula is C23H16N4O5S. The maximum atomic E-state index is 12.8. The first kappa shape index (κ1) is 20.6. The van der Waals surface area contributed by atoms with E-state index in [1.165, 1.54) is 28.0 Å². The Hall–Kier alpha value is -4.31. The van der Waals surface area contributed by atoms with Gasteiger partial charge >= 0.3 is 0 Å². The standard InChI is InChI=1S/C23H16N4O5S/c1-2-31-17-8-6-14(7-9-17)21-24-23-26(25-21)22(28)20(33-23)13-18-10-11-19(32-18)15-4-3-5-16(12-15)27(29)30/h3-13H,2H2,1H3/b20-13+. The molecule has 0 spiro atoms. The van der Waals surface area contributed by atoms with E-state index >= 15 is 0 Å². The molecule has 0 unspecified atom stereocenters. The van der Waals surface area contributed by atoms with Gasteiger partial charge in [0.15, 0.2) is 5.82 Å². The van der Waals surface area contributed by atoms with Crippen molar-refractivity contribution in [1.82, 2.24) is 14.6 Å². The Labute approximate surface area is 190 Å². The molecule has 9 nitrogen and oxygen atoms in total. The van der Waals surface area contributed by atoms with Gasteiger partial charge in [-0.25, -0.2) is 0 Å². The van der Waals surface area contributed by atoms with Gasteiger partial charge in [0.05, 0.1) is 11.5 Å². The van der Waals surface area contributed by atoms with Gasteiger partial charge in [0.25, 0.3) is 11.2 Å². The van der Waals surface area contributed by atoms with Crippen molar-refractivity contribution in [2.24, 2.45) is 0 Å². The number of hydrogen-bond acceptors (Lipinski definition) is 8. The zero-order valence-electron chi connectivity index (χ0n) is 17.3. The summed E-state index contributed by atoms with van der Waals surface area (Å²) in [5, 5.41) is 15.3. The lowest BCUT2D eigenvalue weighted by atomic mass is 10.1. The van der Waals surface area contributed by atoms with Crippen molar-refractivity contribution in [3.05, 3.63) is 91.4 Å². The second-order valence-corrected chi connectivity index (χ2v) is 8.02. The van der Waals surface area contributed by atoms with Gasteiger partial charge in [-0.3, -0.25) is 14.9 Å². The van der Waals surface area contributed by atoms with Crippen LogP contribution in [0.2, 0.25) is 0 Å². The minimum Gasteiger partial charge on any atom is -0.494 e. The highest BCUT2D eigenvalue weighted by Gasteiger charge is 2.13. The van der Waals surface area contributed by atoms with Crippen LogP contribution in [0.4, 0.5) is 5.69 Å². The highest BCUT2D eigenvalue weighted by molar-refractivity contribution is 7.15. The second-order valence-electron chi connectivity index (χ2n) is 7.01. The van der Waals surface area contributed by atoms with Gasteiger partial charge < -0.3 is 9.15 Å². The number of thiazole rings is 1. The molecule has 0 aliphatic heterocycles. The van der Waals surface area contributed by atoms with E-state index in [2.05, 4.69) is 10.1 Å². The molecule has 3 heterocycles. The van der Waals surface area contributed by atoms with Crippen molar-refractivity contribution >= 4 is 28.1 Å². The molecule has 3 aromatic heterocycles. The van der Waals surface area contributed by atoms with Gasteiger partial charge in [-0.05, 0) is 43.3 Å². The summed E-state index contributed by atoms with van der Waals surface area (Å²) >= 11 is 1.20. The Morgan fingerprint density at radius 2 is 1.97 bits per heavy atom. The predicted molar refractivity (Wildman–Crippen MR) is 123 cm³/mol. The van der Waals surface area contributed by atoms with Crippen LogP contribution < -0.4 is 14.8 Å². The van der Waals surface area contributed by atoms with Crippen LogP contribution in [-0.2, 0) is 0 Å². The number of benzene rings is 2. The molecule has 0 radical (unpaired) electrons. The van der Waals surface area contributed by atoms with Gasteiger partial charge in [0.2, 0.25) is 4.96 Å². The van der Waals surface area contributed by atoms with E-state index in [1.807, 2.05) is 31.2 Å². The fraction of sp³-hybridized carbons (Fsp3) is 0.0870. The largest absolute Gasteiger partial charge is 0.494 e.